The van der Waals surface area contributed by atoms with Gasteiger partial charge >= 0.3 is 0 Å². The number of aliphatic imine (C=N–C) groups is 1. The fourth-order valence-electron chi connectivity index (χ4n) is 5.40. The van der Waals surface area contributed by atoms with Gasteiger partial charge in [-0.3, -0.25) is 38.7 Å². The lowest BCUT2D eigenvalue weighted by Crippen LogP contribution is -2.55. The molecular formula is C36H52N8O6. The van der Waals surface area contributed by atoms with Crippen molar-refractivity contribution in [3.63, 3.8) is 0 Å². The summed E-state index contributed by atoms with van der Waals surface area (Å²) in [6.45, 7) is 7.53. The molecular weight excluding hydrogens is 640 g/mol. The molecule has 5 atom stereocenters. The van der Waals surface area contributed by atoms with Crippen LogP contribution in [0.4, 0.5) is 0 Å². The number of ketones is 2. The zero-order valence-electron chi connectivity index (χ0n) is 29.4. The summed E-state index contributed by atoms with van der Waals surface area (Å²) in [5.41, 5.74) is 17.7. The molecule has 9 N–H and O–H groups in total. The third-order valence-corrected chi connectivity index (χ3v) is 8.31. The number of Topliss-reactive ketones (excluding diaryl/α,β-unsaturated/α-hetero) is 2. The third kappa shape index (κ3) is 14.5. The van der Waals surface area contributed by atoms with Crippen LogP contribution in [0.3, 0.4) is 0 Å². The number of primary amides is 1. The predicted octanol–water partition coefficient (Wildman–Crippen LogP) is 1.10. The Bertz CT molecular complexity index is 1460. The normalized spacial score (nSPS) is 13.9. The lowest BCUT2D eigenvalue weighted by Gasteiger charge is -2.27. The van der Waals surface area contributed by atoms with Crippen molar-refractivity contribution in [3.8, 4) is 0 Å². The van der Waals surface area contributed by atoms with Crippen LogP contribution in [0.2, 0.25) is 0 Å². The van der Waals surface area contributed by atoms with Gasteiger partial charge in [0.15, 0.2) is 11.7 Å². The van der Waals surface area contributed by atoms with E-state index < -0.39 is 53.5 Å². The second-order valence-corrected chi connectivity index (χ2v) is 13.0. The summed E-state index contributed by atoms with van der Waals surface area (Å²) in [5.74, 6) is -5.54. The topological polar surface area (TPSA) is 242 Å². The molecule has 14 nitrogen and oxygen atoms in total. The molecule has 0 aliphatic rings. The molecule has 5 unspecified atom stereocenters. The van der Waals surface area contributed by atoms with Crippen molar-refractivity contribution >= 4 is 41.2 Å². The van der Waals surface area contributed by atoms with E-state index >= 15 is 0 Å². The molecule has 50 heavy (non-hydrogen) atoms. The van der Waals surface area contributed by atoms with Crippen LogP contribution in [0.15, 0.2) is 59.9 Å². The minimum absolute atomic E-state index is 0.00346. The van der Waals surface area contributed by atoms with Gasteiger partial charge in [0, 0.05) is 31.3 Å². The van der Waals surface area contributed by atoms with Crippen LogP contribution < -0.4 is 33.2 Å². The van der Waals surface area contributed by atoms with E-state index in [1.54, 1.807) is 31.5 Å². The lowest BCUT2D eigenvalue weighted by molar-refractivity contribution is -0.142. The Kier molecular flexibility index (Phi) is 17.3. The van der Waals surface area contributed by atoms with Crippen molar-refractivity contribution in [2.24, 2.45) is 39.9 Å². The van der Waals surface area contributed by atoms with Gasteiger partial charge in [0.05, 0.1) is 18.5 Å². The summed E-state index contributed by atoms with van der Waals surface area (Å²) < 4.78 is 0. The summed E-state index contributed by atoms with van der Waals surface area (Å²) in [5, 5.41) is 7.97. The van der Waals surface area contributed by atoms with E-state index in [2.05, 4.69) is 25.9 Å². The molecule has 272 valence electrons. The van der Waals surface area contributed by atoms with E-state index in [1.807, 2.05) is 51.1 Å². The van der Waals surface area contributed by atoms with E-state index in [0.717, 1.165) is 11.1 Å². The number of carbonyl (C=O) groups excluding carboxylic acids is 6. The standard InChI is InChI=1S/C36H52N8O6/c1-5-23(4)31(32(47)35(50)43-27(33(37)48)12-9-15-41-36(38)39)44-34(49)26(18-22(2)3)21-29(45)28(19-24-10-7-6-8-11-24)42-30(46)20-25-13-16-40-17-14-25/h6-8,10-11,13-14,16-17,22-23,26-28,31H,5,9,12,15,18-21H2,1-4H3,(H2,37,48)(H,42,46)(H,43,50)(H,44,49)(H4,38,39,41). The summed E-state index contributed by atoms with van der Waals surface area (Å²) in [7, 11) is 0. The quantitative estimate of drug-likeness (QED) is 0.0447. The third-order valence-electron chi connectivity index (χ3n) is 8.31. The molecule has 0 aliphatic heterocycles. The molecule has 0 aliphatic carbocycles. The molecule has 1 heterocycles. The molecule has 2 aromatic rings. The molecule has 4 amide bonds. The Morgan fingerprint density at radius 2 is 1.50 bits per heavy atom. The molecule has 0 bridgehead atoms. The van der Waals surface area contributed by atoms with E-state index in [4.69, 9.17) is 17.2 Å². The number of nitrogens with two attached hydrogens (primary N) is 3. The number of aromatic nitrogens is 1. The molecule has 0 radical (unpaired) electrons. The minimum Gasteiger partial charge on any atom is -0.370 e. The number of carbonyl (C=O) groups is 6. The Labute approximate surface area is 293 Å². The fourth-order valence-corrected chi connectivity index (χ4v) is 5.40. The van der Waals surface area contributed by atoms with Crippen LogP contribution in [0.25, 0.3) is 0 Å². The molecule has 14 heteroatoms. The second-order valence-electron chi connectivity index (χ2n) is 13.0. The number of pyridine rings is 1. The van der Waals surface area contributed by atoms with E-state index in [-0.39, 0.29) is 55.8 Å². The number of guanidine groups is 1. The highest BCUT2D eigenvalue weighted by molar-refractivity contribution is 6.38. The largest absolute Gasteiger partial charge is 0.370 e. The SMILES string of the molecule is CCC(C)C(NC(=O)C(CC(=O)C(Cc1ccccc1)NC(=O)Cc1ccncc1)CC(C)C)C(=O)C(=O)NC(CCCN=C(N)N)C(N)=O. The van der Waals surface area contributed by atoms with Crippen molar-refractivity contribution < 1.29 is 28.8 Å². The number of hydrogen-bond donors (Lipinski definition) is 6. The predicted molar refractivity (Wildman–Crippen MR) is 190 cm³/mol. The summed E-state index contributed by atoms with van der Waals surface area (Å²) >= 11 is 0. The van der Waals surface area contributed by atoms with Gasteiger partial charge in [-0.15, -0.1) is 0 Å². The van der Waals surface area contributed by atoms with Crippen LogP contribution in [0.1, 0.15) is 70.9 Å². The number of rotatable bonds is 22. The van der Waals surface area contributed by atoms with Crippen LogP contribution >= 0.6 is 0 Å². The van der Waals surface area contributed by atoms with Gasteiger partial charge in [-0.1, -0.05) is 64.4 Å². The maximum Gasteiger partial charge on any atom is 0.290 e. The molecule has 0 saturated carbocycles. The van der Waals surface area contributed by atoms with Crippen LogP contribution in [0, 0.1) is 17.8 Å². The van der Waals surface area contributed by atoms with Crippen molar-refractivity contribution in [2.75, 3.05) is 6.54 Å². The lowest BCUT2D eigenvalue weighted by atomic mass is 9.87. The van der Waals surface area contributed by atoms with Crippen molar-refractivity contribution in [2.45, 2.75) is 90.8 Å². The van der Waals surface area contributed by atoms with Crippen molar-refractivity contribution in [1.29, 1.82) is 0 Å². The highest BCUT2D eigenvalue weighted by Gasteiger charge is 2.35. The first-order chi connectivity index (χ1) is 23.7. The number of nitrogens with one attached hydrogen (secondary N) is 3. The molecule has 1 aromatic carbocycles. The van der Waals surface area contributed by atoms with Gasteiger partial charge < -0.3 is 33.2 Å². The smallest absolute Gasteiger partial charge is 0.290 e. The van der Waals surface area contributed by atoms with E-state index in [9.17, 15) is 28.8 Å². The Morgan fingerprint density at radius 1 is 0.840 bits per heavy atom. The Morgan fingerprint density at radius 3 is 2.08 bits per heavy atom. The summed E-state index contributed by atoms with van der Waals surface area (Å²) in [4.78, 5) is 87.1. The molecule has 1 aromatic heterocycles. The van der Waals surface area contributed by atoms with Gasteiger partial charge in [0.25, 0.3) is 5.91 Å². The summed E-state index contributed by atoms with van der Waals surface area (Å²) in [6.07, 6.45) is 4.39. The number of nitrogens with zero attached hydrogens (tertiary/aromatic N) is 2. The highest BCUT2D eigenvalue weighted by atomic mass is 16.2. The van der Waals surface area contributed by atoms with Gasteiger partial charge in [-0.2, -0.15) is 0 Å². The Balaban J connectivity index is 2.24. The zero-order chi connectivity index (χ0) is 37.2. The first-order valence-electron chi connectivity index (χ1n) is 17.0. The first kappa shape index (κ1) is 41.0. The van der Waals surface area contributed by atoms with Gasteiger partial charge in [-0.25, -0.2) is 0 Å². The molecule has 0 saturated heterocycles. The van der Waals surface area contributed by atoms with Gasteiger partial charge in [0.1, 0.15) is 6.04 Å². The maximum absolute atomic E-state index is 13.9. The monoisotopic (exact) mass is 692 g/mol. The average molecular weight is 693 g/mol. The van der Waals surface area contributed by atoms with Gasteiger partial charge in [-0.05, 0) is 60.8 Å². The van der Waals surface area contributed by atoms with E-state index in [0.29, 0.717) is 19.3 Å². The maximum atomic E-state index is 13.9. The highest BCUT2D eigenvalue weighted by Crippen LogP contribution is 2.20. The van der Waals surface area contributed by atoms with Crippen LogP contribution in [-0.4, -0.2) is 70.8 Å². The van der Waals surface area contributed by atoms with Gasteiger partial charge in [0.2, 0.25) is 23.5 Å². The zero-order valence-corrected chi connectivity index (χ0v) is 29.4. The molecule has 0 fully saturated rings. The number of hydrogen-bond acceptors (Lipinski definition) is 8. The number of benzene rings is 1. The molecule has 2 rings (SSSR count). The van der Waals surface area contributed by atoms with Crippen LogP contribution in [-0.2, 0) is 41.6 Å². The van der Waals surface area contributed by atoms with Crippen molar-refractivity contribution in [3.05, 3.63) is 66.0 Å². The fraction of sp³-hybridized carbons (Fsp3) is 0.500. The minimum atomic E-state index is -1.23. The van der Waals surface area contributed by atoms with Crippen molar-refractivity contribution in [1.82, 2.24) is 20.9 Å². The summed E-state index contributed by atoms with van der Waals surface area (Å²) in [6, 6.07) is 9.37. The Hall–Kier alpha value is -5.14. The van der Waals surface area contributed by atoms with Crippen LogP contribution in [0.5, 0.6) is 0 Å². The van der Waals surface area contributed by atoms with E-state index in [1.165, 1.54) is 0 Å². The number of amides is 4. The molecule has 0 spiro atoms. The first-order valence-corrected chi connectivity index (χ1v) is 17.0. The average Bonchev–Trinajstić information content (AvgIpc) is 3.07. The second kappa shape index (κ2) is 21.1.